The molecule has 0 saturated heterocycles. The predicted molar refractivity (Wildman–Crippen MR) is 114 cm³/mol. The van der Waals surface area contributed by atoms with Crippen LogP contribution < -0.4 is 10.6 Å². The summed E-state index contributed by atoms with van der Waals surface area (Å²) in [7, 11) is 1.29. The van der Waals surface area contributed by atoms with Crippen LogP contribution >= 0.6 is 15.9 Å². The summed E-state index contributed by atoms with van der Waals surface area (Å²) in [5, 5.41) is 5.87. The van der Waals surface area contributed by atoms with Gasteiger partial charge in [0.2, 0.25) is 0 Å². The number of esters is 2. The molecule has 7 nitrogen and oxygen atoms in total. The van der Waals surface area contributed by atoms with Gasteiger partial charge in [0, 0.05) is 22.6 Å². The molecule has 0 spiro atoms. The summed E-state index contributed by atoms with van der Waals surface area (Å²) >= 11 is 3.39. The molecule has 1 atom stereocenters. The molecular formula is C21H22BrN3O4. The van der Waals surface area contributed by atoms with Crippen molar-refractivity contribution in [1.29, 1.82) is 0 Å². The zero-order chi connectivity index (χ0) is 21.1. The first-order valence-electron chi connectivity index (χ1n) is 8.86. The lowest BCUT2D eigenvalue weighted by Crippen LogP contribution is -2.20. The Morgan fingerprint density at radius 1 is 1.24 bits per heavy atom. The van der Waals surface area contributed by atoms with Gasteiger partial charge in [0.25, 0.3) is 0 Å². The molecule has 0 saturated carbocycles. The molecule has 1 heterocycles. The third-order valence-corrected chi connectivity index (χ3v) is 4.18. The maximum Gasteiger partial charge on any atom is 0.355 e. The molecule has 0 fully saturated rings. The average Bonchev–Trinajstić information content (AvgIpc) is 2.73. The molecule has 1 aromatic carbocycles. The van der Waals surface area contributed by atoms with E-state index in [1.165, 1.54) is 19.5 Å². The summed E-state index contributed by atoms with van der Waals surface area (Å²) < 4.78 is 10.8. The Kier molecular flexibility index (Phi) is 8.91. The molecule has 0 radical (unpaired) electrons. The van der Waals surface area contributed by atoms with E-state index in [1.807, 2.05) is 24.3 Å². The third-order valence-electron chi connectivity index (χ3n) is 3.69. The number of ether oxygens (including phenoxy) is 2. The predicted octanol–water partition coefficient (Wildman–Crippen LogP) is 3.72. The quantitative estimate of drug-likeness (QED) is 0.436. The number of carbonyl (C=O) groups excluding carboxylic acids is 2. The molecule has 0 aliphatic rings. The van der Waals surface area contributed by atoms with Gasteiger partial charge in [-0.05, 0) is 49.5 Å². The second-order valence-corrected chi connectivity index (χ2v) is 6.61. The van der Waals surface area contributed by atoms with Crippen molar-refractivity contribution in [3.05, 3.63) is 83.0 Å². The first-order chi connectivity index (χ1) is 14.0. The van der Waals surface area contributed by atoms with Crippen LogP contribution in [0.3, 0.4) is 0 Å². The highest BCUT2D eigenvalue weighted by Gasteiger charge is 2.20. The smallest absolute Gasteiger partial charge is 0.355 e. The van der Waals surface area contributed by atoms with E-state index in [1.54, 1.807) is 37.4 Å². The van der Waals surface area contributed by atoms with Crippen molar-refractivity contribution in [2.24, 2.45) is 0 Å². The lowest BCUT2D eigenvalue weighted by atomic mass is 10.1. The zero-order valence-electron chi connectivity index (χ0n) is 16.1. The van der Waals surface area contributed by atoms with Crippen molar-refractivity contribution in [1.82, 2.24) is 10.3 Å². The molecule has 0 aliphatic heterocycles. The van der Waals surface area contributed by atoms with E-state index >= 15 is 0 Å². The monoisotopic (exact) mass is 459 g/mol. The highest BCUT2D eigenvalue weighted by atomic mass is 79.9. The van der Waals surface area contributed by atoms with Crippen molar-refractivity contribution in [3.8, 4) is 0 Å². The number of methoxy groups -OCH3 is 1. The Bertz CT molecular complexity index is 885. The second-order valence-electron chi connectivity index (χ2n) is 5.69. The topological polar surface area (TPSA) is 89.6 Å². The van der Waals surface area contributed by atoms with Crippen molar-refractivity contribution in [3.63, 3.8) is 0 Å². The molecule has 152 valence electrons. The van der Waals surface area contributed by atoms with Gasteiger partial charge in [-0.1, -0.05) is 28.1 Å². The Morgan fingerprint density at radius 2 is 2.07 bits per heavy atom. The van der Waals surface area contributed by atoms with Crippen LogP contribution in [0, 0.1) is 0 Å². The summed E-state index contributed by atoms with van der Waals surface area (Å²) in [5.74, 6) is -1.71. The number of anilines is 1. The minimum atomic E-state index is -0.708. The molecular weight excluding hydrogens is 438 g/mol. The lowest BCUT2D eigenvalue weighted by Gasteiger charge is -2.12. The fraction of sp³-hybridized carbons (Fsp3) is 0.190. The first-order valence-corrected chi connectivity index (χ1v) is 9.65. The normalized spacial score (nSPS) is 12.3. The third kappa shape index (κ3) is 7.08. The summed E-state index contributed by atoms with van der Waals surface area (Å²) in [6, 6.07) is 12.8. The molecule has 0 aliphatic carbocycles. The molecule has 0 bridgehead atoms. The Balaban J connectivity index is 2.16. The fourth-order valence-corrected chi connectivity index (χ4v) is 2.73. The van der Waals surface area contributed by atoms with Gasteiger partial charge in [-0.2, -0.15) is 0 Å². The first kappa shape index (κ1) is 22.2. The lowest BCUT2D eigenvalue weighted by molar-refractivity contribution is -0.143. The van der Waals surface area contributed by atoms with Crippen molar-refractivity contribution < 1.29 is 19.1 Å². The van der Waals surface area contributed by atoms with Crippen molar-refractivity contribution >= 4 is 33.6 Å². The summed E-state index contributed by atoms with van der Waals surface area (Å²) in [5.41, 5.74) is 1.48. The molecule has 29 heavy (non-hydrogen) atoms. The zero-order valence-corrected chi connectivity index (χ0v) is 17.7. The number of hydrogen-bond acceptors (Lipinski definition) is 7. The number of carbonyl (C=O) groups is 2. The van der Waals surface area contributed by atoms with Crippen LogP contribution in [0.4, 0.5) is 5.69 Å². The van der Waals surface area contributed by atoms with E-state index in [9.17, 15) is 9.59 Å². The average molecular weight is 460 g/mol. The van der Waals surface area contributed by atoms with E-state index in [-0.39, 0.29) is 12.3 Å². The molecule has 2 aromatic rings. The number of halogens is 1. The van der Waals surface area contributed by atoms with Gasteiger partial charge < -0.3 is 20.1 Å². The number of nitrogens with one attached hydrogen (secondary N) is 2. The van der Waals surface area contributed by atoms with Gasteiger partial charge in [-0.15, -0.1) is 0 Å². The Morgan fingerprint density at radius 3 is 2.72 bits per heavy atom. The molecule has 0 amide bonds. The largest absolute Gasteiger partial charge is 0.465 e. The van der Waals surface area contributed by atoms with Crippen LogP contribution in [-0.2, 0) is 19.1 Å². The van der Waals surface area contributed by atoms with Crippen LogP contribution in [0.25, 0.3) is 0 Å². The van der Waals surface area contributed by atoms with Crippen LogP contribution in [0.5, 0.6) is 0 Å². The fourth-order valence-electron chi connectivity index (χ4n) is 2.33. The molecule has 1 unspecified atom stereocenters. The van der Waals surface area contributed by atoms with E-state index < -0.39 is 17.9 Å². The van der Waals surface area contributed by atoms with Crippen LogP contribution in [0.1, 0.15) is 18.5 Å². The number of benzene rings is 1. The number of rotatable bonds is 9. The SMILES string of the molecule is CCOC(=O)C(/C=C/N/C(=C/Nc1cccc(Br)c1)C(=O)OC)c1ccccn1. The van der Waals surface area contributed by atoms with Crippen LogP contribution in [-0.4, -0.2) is 30.6 Å². The highest BCUT2D eigenvalue weighted by Crippen LogP contribution is 2.17. The Labute approximate surface area is 177 Å². The molecule has 8 heteroatoms. The van der Waals surface area contributed by atoms with E-state index in [2.05, 4.69) is 31.5 Å². The van der Waals surface area contributed by atoms with E-state index in [0.717, 1.165) is 10.2 Å². The number of aromatic nitrogens is 1. The summed E-state index contributed by atoms with van der Waals surface area (Å²) in [6.07, 6.45) is 6.15. The van der Waals surface area contributed by atoms with Gasteiger partial charge in [-0.3, -0.25) is 9.78 Å². The van der Waals surface area contributed by atoms with Gasteiger partial charge in [0.05, 0.1) is 19.4 Å². The van der Waals surface area contributed by atoms with Gasteiger partial charge in [-0.25, -0.2) is 4.79 Å². The number of pyridine rings is 1. The highest BCUT2D eigenvalue weighted by molar-refractivity contribution is 9.10. The Hall–Kier alpha value is -3.13. The van der Waals surface area contributed by atoms with Crippen LogP contribution in [0.2, 0.25) is 0 Å². The second kappa shape index (κ2) is 11.7. The summed E-state index contributed by atoms with van der Waals surface area (Å²) in [4.78, 5) is 28.5. The number of hydrogen-bond donors (Lipinski definition) is 2. The van der Waals surface area contributed by atoms with Crippen molar-refractivity contribution in [2.75, 3.05) is 19.0 Å². The molecule has 2 N–H and O–H groups in total. The van der Waals surface area contributed by atoms with Gasteiger partial charge >= 0.3 is 11.9 Å². The van der Waals surface area contributed by atoms with Gasteiger partial charge in [0.15, 0.2) is 0 Å². The maximum absolute atomic E-state index is 12.3. The van der Waals surface area contributed by atoms with Gasteiger partial charge in [0.1, 0.15) is 11.6 Å². The van der Waals surface area contributed by atoms with E-state index in [0.29, 0.717) is 5.69 Å². The molecule has 2 rings (SSSR count). The minimum Gasteiger partial charge on any atom is -0.465 e. The maximum atomic E-state index is 12.3. The van der Waals surface area contributed by atoms with E-state index in [4.69, 9.17) is 9.47 Å². The summed E-state index contributed by atoms with van der Waals surface area (Å²) in [6.45, 7) is 1.99. The standard InChI is InChI=1S/C21H22BrN3O4/c1-3-29-20(26)17(18-9-4-5-11-23-18)10-12-24-19(21(27)28-2)14-25-16-8-6-7-15(22)13-16/h4-14,17,24-25H,3H2,1-2H3/b12-10+,19-14+. The molecule has 1 aromatic heterocycles. The van der Waals surface area contributed by atoms with Crippen molar-refractivity contribution in [2.45, 2.75) is 12.8 Å². The number of nitrogens with zero attached hydrogens (tertiary/aromatic N) is 1. The van der Waals surface area contributed by atoms with Crippen LogP contribution in [0.15, 0.2) is 77.3 Å². The minimum absolute atomic E-state index is 0.160.